The summed E-state index contributed by atoms with van der Waals surface area (Å²) in [5, 5.41) is 2.74. The molecule has 2 rings (SSSR count). The minimum absolute atomic E-state index is 0.176. The molecule has 0 radical (unpaired) electrons. The molecule has 0 bridgehead atoms. The van der Waals surface area contributed by atoms with Gasteiger partial charge >= 0.3 is 0 Å². The van der Waals surface area contributed by atoms with E-state index in [9.17, 15) is 9.18 Å². The number of carbonyl (C=O) groups is 1. The van der Waals surface area contributed by atoms with E-state index in [2.05, 4.69) is 5.32 Å². The number of rotatable bonds is 5. The Labute approximate surface area is 123 Å². The number of nitrogens with one attached hydrogen (secondary N) is 1. The zero-order valence-corrected chi connectivity index (χ0v) is 12.2. The highest BCUT2D eigenvalue weighted by atomic mass is 19.1. The lowest BCUT2D eigenvalue weighted by atomic mass is 9.79. The van der Waals surface area contributed by atoms with Crippen LogP contribution in [0.5, 0.6) is 5.75 Å². The fraction of sp³-hybridized carbons (Fsp3) is 0.533. The average Bonchev–Trinajstić information content (AvgIpc) is 2.50. The summed E-state index contributed by atoms with van der Waals surface area (Å²) in [4.78, 5) is 12.4. The van der Waals surface area contributed by atoms with Crippen LogP contribution in [0.1, 0.15) is 19.8 Å². The third-order valence-corrected chi connectivity index (χ3v) is 3.81. The molecule has 21 heavy (non-hydrogen) atoms. The SMILES string of the molecule is CCOc1ccc(NC(=O)C2(CN)CCOCC2)cc1F. The van der Waals surface area contributed by atoms with E-state index in [-0.39, 0.29) is 18.2 Å². The van der Waals surface area contributed by atoms with E-state index in [1.807, 2.05) is 0 Å². The maximum atomic E-state index is 13.8. The van der Waals surface area contributed by atoms with Crippen molar-refractivity contribution in [2.24, 2.45) is 11.1 Å². The lowest BCUT2D eigenvalue weighted by Gasteiger charge is -2.34. The molecule has 0 aromatic heterocycles. The van der Waals surface area contributed by atoms with Gasteiger partial charge in [-0.2, -0.15) is 0 Å². The Morgan fingerprint density at radius 1 is 1.48 bits per heavy atom. The molecule has 1 amide bonds. The molecule has 1 fully saturated rings. The second kappa shape index (κ2) is 6.87. The largest absolute Gasteiger partial charge is 0.491 e. The summed E-state index contributed by atoms with van der Waals surface area (Å²) < 4.78 is 24.2. The van der Waals surface area contributed by atoms with Gasteiger partial charge in [0.05, 0.1) is 12.0 Å². The number of nitrogens with two attached hydrogens (primary N) is 1. The number of hydrogen-bond donors (Lipinski definition) is 2. The minimum atomic E-state index is -0.632. The van der Waals surface area contributed by atoms with Gasteiger partial charge in [0.1, 0.15) is 0 Å². The summed E-state index contributed by atoms with van der Waals surface area (Å²) >= 11 is 0. The third kappa shape index (κ3) is 3.51. The molecule has 1 saturated heterocycles. The van der Waals surface area contributed by atoms with E-state index in [4.69, 9.17) is 15.2 Å². The van der Waals surface area contributed by atoms with E-state index < -0.39 is 11.2 Å². The molecule has 5 nitrogen and oxygen atoms in total. The highest BCUT2D eigenvalue weighted by molar-refractivity contribution is 5.95. The quantitative estimate of drug-likeness (QED) is 0.870. The topological polar surface area (TPSA) is 73.6 Å². The number of anilines is 1. The second-order valence-corrected chi connectivity index (χ2v) is 5.13. The predicted octanol–water partition coefficient (Wildman–Crippen LogP) is 1.92. The van der Waals surface area contributed by atoms with Crippen LogP contribution in [-0.2, 0) is 9.53 Å². The molecular weight excluding hydrogens is 275 g/mol. The zero-order chi connectivity index (χ0) is 15.3. The van der Waals surface area contributed by atoms with Gasteiger partial charge in [0.25, 0.3) is 0 Å². The van der Waals surface area contributed by atoms with Crippen molar-refractivity contribution in [2.75, 3.05) is 31.7 Å². The summed E-state index contributed by atoms with van der Waals surface area (Å²) in [7, 11) is 0. The molecule has 0 atom stereocenters. The second-order valence-electron chi connectivity index (χ2n) is 5.13. The predicted molar refractivity (Wildman–Crippen MR) is 77.7 cm³/mol. The van der Waals surface area contributed by atoms with Crippen LogP contribution in [0.25, 0.3) is 0 Å². The standard InChI is InChI=1S/C15H21FN2O3/c1-2-21-13-4-3-11(9-12(13)16)18-14(19)15(10-17)5-7-20-8-6-15/h3-4,9H,2,5-8,10,17H2,1H3,(H,18,19). The lowest BCUT2D eigenvalue weighted by molar-refractivity contribution is -0.130. The van der Waals surface area contributed by atoms with Crippen molar-refractivity contribution in [2.45, 2.75) is 19.8 Å². The van der Waals surface area contributed by atoms with Crippen LogP contribution in [0.15, 0.2) is 18.2 Å². The Bertz CT molecular complexity index is 502. The molecular formula is C15H21FN2O3. The van der Waals surface area contributed by atoms with E-state index >= 15 is 0 Å². The summed E-state index contributed by atoms with van der Waals surface area (Å²) in [6, 6.07) is 4.38. The fourth-order valence-electron chi connectivity index (χ4n) is 2.40. The third-order valence-electron chi connectivity index (χ3n) is 3.81. The maximum absolute atomic E-state index is 13.8. The van der Waals surface area contributed by atoms with Gasteiger partial charge in [0.15, 0.2) is 11.6 Å². The molecule has 0 spiro atoms. The van der Waals surface area contributed by atoms with E-state index in [1.54, 1.807) is 13.0 Å². The van der Waals surface area contributed by atoms with Crippen LogP contribution < -0.4 is 15.8 Å². The van der Waals surface area contributed by atoms with Gasteiger partial charge in [0.2, 0.25) is 5.91 Å². The van der Waals surface area contributed by atoms with Crippen LogP contribution in [0, 0.1) is 11.2 Å². The van der Waals surface area contributed by atoms with Gasteiger partial charge in [-0.05, 0) is 31.9 Å². The van der Waals surface area contributed by atoms with Crippen LogP contribution >= 0.6 is 0 Å². The summed E-state index contributed by atoms with van der Waals surface area (Å²) in [6.07, 6.45) is 1.16. The molecule has 0 saturated carbocycles. The van der Waals surface area contributed by atoms with Crippen molar-refractivity contribution in [3.8, 4) is 5.75 Å². The van der Waals surface area contributed by atoms with Crippen LogP contribution in [0.2, 0.25) is 0 Å². The van der Waals surface area contributed by atoms with Gasteiger partial charge in [-0.25, -0.2) is 4.39 Å². The molecule has 1 heterocycles. The van der Waals surface area contributed by atoms with Crippen LogP contribution in [-0.4, -0.2) is 32.3 Å². The van der Waals surface area contributed by atoms with Crippen molar-refractivity contribution < 1.29 is 18.7 Å². The van der Waals surface area contributed by atoms with Crippen LogP contribution in [0.4, 0.5) is 10.1 Å². The molecule has 0 unspecified atom stereocenters. The maximum Gasteiger partial charge on any atom is 0.232 e. The van der Waals surface area contributed by atoms with Crippen molar-refractivity contribution in [3.63, 3.8) is 0 Å². The Kier molecular flexibility index (Phi) is 5.14. The number of ether oxygens (including phenoxy) is 2. The molecule has 1 aliphatic heterocycles. The molecule has 6 heteroatoms. The monoisotopic (exact) mass is 296 g/mol. The first-order valence-electron chi connectivity index (χ1n) is 7.13. The van der Waals surface area contributed by atoms with Crippen molar-refractivity contribution in [1.29, 1.82) is 0 Å². The molecule has 1 aromatic carbocycles. The van der Waals surface area contributed by atoms with Gasteiger partial charge in [-0.15, -0.1) is 0 Å². The molecule has 0 aliphatic carbocycles. The molecule has 3 N–H and O–H groups in total. The number of benzene rings is 1. The Balaban J connectivity index is 2.09. The van der Waals surface area contributed by atoms with E-state index in [0.717, 1.165) is 0 Å². The van der Waals surface area contributed by atoms with Gasteiger partial charge in [-0.3, -0.25) is 4.79 Å². The zero-order valence-electron chi connectivity index (χ0n) is 12.2. The van der Waals surface area contributed by atoms with E-state index in [1.165, 1.54) is 12.1 Å². The Morgan fingerprint density at radius 2 is 2.19 bits per heavy atom. The molecule has 116 valence electrons. The highest BCUT2D eigenvalue weighted by Crippen LogP contribution is 2.31. The normalized spacial score (nSPS) is 17.3. The summed E-state index contributed by atoms with van der Waals surface area (Å²) in [5.74, 6) is -0.504. The Morgan fingerprint density at radius 3 is 2.76 bits per heavy atom. The minimum Gasteiger partial charge on any atom is -0.491 e. The fourth-order valence-corrected chi connectivity index (χ4v) is 2.40. The highest BCUT2D eigenvalue weighted by Gasteiger charge is 2.38. The lowest BCUT2D eigenvalue weighted by Crippen LogP contribution is -2.46. The molecule has 1 aliphatic rings. The number of halogens is 1. The first-order valence-corrected chi connectivity index (χ1v) is 7.13. The number of amides is 1. The number of carbonyl (C=O) groups excluding carboxylic acids is 1. The molecule has 1 aromatic rings. The van der Waals surface area contributed by atoms with Gasteiger partial charge in [0, 0.05) is 31.5 Å². The van der Waals surface area contributed by atoms with Crippen molar-refractivity contribution in [1.82, 2.24) is 0 Å². The number of hydrogen-bond acceptors (Lipinski definition) is 4. The van der Waals surface area contributed by atoms with E-state index in [0.29, 0.717) is 38.3 Å². The Hall–Kier alpha value is -1.66. The first-order chi connectivity index (χ1) is 10.1. The average molecular weight is 296 g/mol. The summed E-state index contributed by atoms with van der Waals surface area (Å²) in [5.41, 5.74) is 5.55. The van der Waals surface area contributed by atoms with Gasteiger partial charge < -0.3 is 20.5 Å². The van der Waals surface area contributed by atoms with Gasteiger partial charge in [-0.1, -0.05) is 0 Å². The van der Waals surface area contributed by atoms with Crippen molar-refractivity contribution in [3.05, 3.63) is 24.0 Å². The van der Waals surface area contributed by atoms with Crippen LogP contribution in [0.3, 0.4) is 0 Å². The van der Waals surface area contributed by atoms with Crippen molar-refractivity contribution >= 4 is 11.6 Å². The smallest absolute Gasteiger partial charge is 0.232 e. The first kappa shape index (κ1) is 15.7. The summed E-state index contributed by atoms with van der Waals surface area (Å²) in [6.45, 7) is 3.45.